The summed E-state index contributed by atoms with van der Waals surface area (Å²) in [5, 5.41) is 0. The number of hydrogen-bond donors (Lipinski definition) is 0. The van der Waals surface area contributed by atoms with Crippen LogP contribution in [-0.4, -0.2) is 6.18 Å². The first kappa shape index (κ1) is 22.3. The minimum Gasteiger partial charge on any atom is -0.207 e. The van der Waals surface area contributed by atoms with Gasteiger partial charge in [0.15, 0.2) is 5.83 Å². The number of halogens is 5. The first-order valence-electron chi connectivity index (χ1n) is 10.9. The Balaban J connectivity index is 1.47. The van der Waals surface area contributed by atoms with E-state index in [1.54, 1.807) is 6.07 Å². The highest BCUT2D eigenvalue weighted by Crippen LogP contribution is 2.37. The average molecular weight is 415 g/mol. The van der Waals surface area contributed by atoms with Crippen LogP contribution >= 0.6 is 0 Å². The Bertz CT molecular complexity index is 690. The molecule has 0 radical (unpaired) electrons. The van der Waals surface area contributed by atoms with Gasteiger partial charge in [0, 0.05) is 0 Å². The van der Waals surface area contributed by atoms with Crippen LogP contribution in [0.3, 0.4) is 0 Å². The van der Waals surface area contributed by atoms with Gasteiger partial charge >= 0.3 is 6.18 Å². The van der Waals surface area contributed by atoms with Gasteiger partial charge in [0.25, 0.3) is 0 Å². The van der Waals surface area contributed by atoms with E-state index in [1.165, 1.54) is 12.8 Å². The number of allylic oxidation sites excluding steroid dienone is 2. The topological polar surface area (TPSA) is 0 Å². The second kappa shape index (κ2) is 9.61. The van der Waals surface area contributed by atoms with E-state index in [4.69, 9.17) is 0 Å². The van der Waals surface area contributed by atoms with E-state index < -0.39 is 12.0 Å². The van der Waals surface area contributed by atoms with Gasteiger partial charge < -0.3 is 0 Å². The monoisotopic (exact) mass is 414 g/mol. The van der Waals surface area contributed by atoms with Crippen molar-refractivity contribution in [2.75, 3.05) is 0 Å². The van der Waals surface area contributed by atoms with Crippen LogP contribution in [0, 0.1) is 23.6 Å². The van der Waals surface area contributed by atoms with Crippen molar-refractivity contribution in [1.29, 1.82) is 0 Å². The van der Waals surface area contributed by atoms with Gasteiger partial charge in [-0.1, -0.05) is 31.9 Å². The molecule has 0 aliphatic heterocycles. The standard InChI is InChI=1S/C24H31F5/c1-16-2-9-19(10-3-16)21-13-12-20(22(25)15-21)11-8-17-4-6-18(7-5-17)14-23(26)24(27,28)29/h12-19H,2-11H2,1H3. The van der Waals surface area contributed by atoms with Gasteiger partial charge in [0.05, 0.1) is 0 Å². The zero-order chi connectivity index (χ0) is 21.0. The summed E-state index contributed by atoms with van der Waals surface area (Å²) in [7, 11) is 0. The molecule has 5 heteroatoms. The molecule has 0 nitrogen and oxygen atoms in total. The van der Waals surface area contributed by atoms with Gasteiger partial charge in [0.1, 0.15) is 5.82 Å². The molecule has 0 amide bonds. The van der Waals surface area contributed by atoms with Crippen LogP contribution < -0.4 is 0 Å². The summed E-state index contributed by atoms with van der Waals surface area (Å²) in [6, 6.07) is 5.69. The zero-order valence-electron chi connectivity index (χ0n) is 17.1. The molecule has 162 valence electrons. The van der Waals surface area contributed by atoms with Gasteiger partial charge in [-0.25, -0.2) is 8.78 Å². The van der Waals surface area contributed by atoms with Crippen LogP contribution in [-0.2, 0) is 6.42 Å². The summed E-state index contributed by atoms with van der Waals surface area (Å²) in [5.74, 6) is -0.851. The summed E-state index contributed by atoms with van der Waals surface area (Å²) >= 11 is 0. The maximum Gasteiger partial charge on any atom is 0.442 e. The third-order valence-electron chi connectivity index (χ3n) is 6.93. The van der Waals surface area contributed by atoms with E-state index >= 15 is 0 Å². The Hall–Kier alpha value is -1.39. The lowest BCUT2D eigenvalue weighted by Crippen LogP contribution is -2.16. The number of hydrogen-bond acceptors (Lipinski definition) is 0. The van der Waals surface area contributed by atoms with Crippen molar-refractivity contribution in [1.82, 2.24) is 0 Å². The van der Waals surface area contributed by atoms with Gasteiger partial charge in [0.2, 0.25) is 0 Å². The summed E-state index contributed by atoms with van der Waals surface area (Å²) in [4.78, 5) is 0. The van der Waals surface area contributed by atoms with Crippen molar-refractivity contribution >= 4 is 0 Å². The lowest BCUT2D eigenvalue weighted by Gasteiger charge is -2.27. The second-order valence-corrected chi connectivity index (χ2v) is 9.14. The quantitative estimate of drug-likeness (QED) is 0.425. The molecule has 0 aromatic heterocycles. The summed E-state index contributed by atoms with van der Waals surface area (Å²) in [5.41, 5.74) is 1.83. The fraction of sp³-hybridized carbons (Fsp3) is 0.667. The van der Waals surface area contributed by atoms with Gasteiger partial charge in [-0.3, -0.25) is 0 Å². The summed E-state index contributed by atoms with van der Waals surface area (Å²) in [6.45, 7) is 2.27. The maximum absolute atomic E-state index is 14.6. The van der Waals surface area contributed by atoms with Crippen LogP contribution in [0.5, 0.6) is 0 Å². The first-order chi connectivity index (χ1) is 13.7. The molecule has 2 saturated carbocycles. The van der Waals surface area contributed by atoms with Crippen LogP contribution in [0.2, 0.25) is 0 Å². The van der Waals surface area contributed by atoms with E-state index in [0.717, 1.165) is 55.2 Å². The lowest BCUT2D eigenvalue weighted by atomic mass is 9.78. The molecule has 0 N–H and O–H groups in total. The fourth-order valence-electron chi connectivity index (χ4n) is 4.92. The molecule has 3 rings (SSSR count). The molecule has 2 fully saturated rings. The molecule has 2 aliphatic carbocycles. The van der Waals surface area contributed by atoms with E-state index in [9.17, 15) is 22.0 Å². The van der Waals surface area contributed by atoms with Crippen molar-refractivity contribution in [3.05, 3.63) is 47.0 Å². The molecular formula is C24H31F5. The molecule has 0 bridgehead atoms. The molecular weight excluding hydrogens is 383 g/mol. The van der Waals surface area contributed by atoms with Crippen molar-refractivity contribution in [2.45, 2.75) is 83.2 Å². The average Bonchev–Trinajstić information content (AvgIpc) is 2.68. The van der Waals surface area contributed by atoms with E-state index in [2.05, 4.69) is 13.0 Å². The molecule has 1 aromatic carbocycles. The Kier molecular flexibility index (Phi) is 7.39. The van der Waals surface area contributed by atoms with Gasteiger partial charge in [-0.15, -0.1) is 0 Å². The third-order valence-corrected chi connectivity index (χ3v) is 6.93. The second-order valence-electron chi connectivity index (χ2n) is 9.14. The Labute approximate surface area is 170 Å². The van der Waals surface area contributed by atoms with E-state index in [1.807, 2.05) is 6.07 Å². The van der Waals surface area contributed by atoms with Crippen molar-refractivity contribution in [3.63, 3.8) is 0 Å². The smallest absolute Gasteiger partial charge is 0.207 e. The first-order valence-corrected chi connectivity index (χ1v) is 10.9. The highest BCUT2D eigenvalue weighted by molar-refractivity contribution is 5.27. The Morgan fingerprint density at radius 1 is 1.00 bits per heavy atom. The zero-order valence-corrected chi connectivity index (χ0v) is 17.1. The number of alkyl halides is 3. The van der Waals surface area contributed by atoms with E-state index in [0.29, 0.717) is 31.1 Å². The minimum atomic E-state index is -4.88. The summed E-state index contributed by atoms with van der Waals surface area (Å²) < 4.78 is 64.6. The largest absolute Gasteiger partial charge is 0.442 e. The van der Waals surface area contributed by atoms with Crippen LogP contribution in [0.15, 0.2) is 30.1 Å². The molecule has 0 saturated heterocycles. The Morgan fingerprint density at radius 3 is 2.24 bits per heavy atom. The number of rotatable bonds is 5. The maximum atomic E-state index is 14.6. The van der Waals surface area contributed by atoms with Gasteiger partial charge in [-0.2, -0.15) is 13.2 Å². The molecule has 0 atom stereocenters. The normalized spacial score (nSPS) is 29.1. The third kappa shape index (κ3) is 6.29. The molecule has 0 spiro atoms. The molecule has 0 unspecified atom stereocenters. The van der Waals surface area contributed by atoms with Crippen molar-refractivity contribution in [2.24, 2.45) is 17.8 Å². The SMILES string of the molecule is CC1CCC(c2ccc(CCC3CCC(C=C(F)C(F)(F)F)CC3)c(F)c2)CC1. The highest BCUT2D eigenvalue weighted by Gasteiger charge is 2.35. The predicted octanol–water partition coefficient (Wildman–Crippen LogP) is 8.27. The highest BCUT2D eigenvalue weighted by atomic mass is 19.4. The number of benzene rings is 1. The predicted molar refractivity (Wildman–Crippen MR) is 106 cm³/mol. The lowest BCUT2D eigenvalue weighted by molar-refractivity contribution is -0.109. The van der Waals surface area contributed by atoms with Crippen LogP contribution in [0.25, 0.3) is 0 Å². The molecule has 0 heterocycles. The van der Waals surface area contributed by atoms with Crippen molar-refractivity contribution in [3.8, 4) is 0 Å². The fourth-order valence-corrected chi connectivity index (χ4v) is 4.92. The Morgan fingerprint density at radius 2 is 1.66 bits per heavy atom. The number of aryl methyl sites for hydroxylation is 1. The van der Waals surface area contributed by atoms with Crippen LogP contribution in [0.1, 0.15) is 81.8 Å². The van der Waals surface area contributed by atoms with Crippen molar-refractivity contribution < 1.29 is 22.0 Å². The van der Waals surface area contributed by atoms with E-state index in [-0.39, 0.29) is 11.7 Å². The van der Waals surface area contributed by atoms with Crippen LogP contribution in [0.4, 0.5) is 22.0 Å². The summed E-state index contributed by atoms with van der Waals surface area (Å²) in [6.07, 6.45) is 4.68. The molecule has 29 heavy (non-hydrogen) atoms. The minimum absolute atomic E-state index is 0.134. The molecule has 2 aliphatic rings. The molecule has 1 aromatic rings. The van der Waals surface area contributed by atoms with Gasteiger partial charge in [-0.05, 0) is 98.3 Å².